The quantitative estimate of drug-likeness (QED) is 0.645. The molecular weight excluding hydrogens is 306 g/mol. The second-order valence-electron chi connectivity index (χ2n) is 6.36. The van der Waals surface area contributed by atoms with Crippen molar-refractivity contribution in [2.45, 2.75) is 57.7 Å². The van der Waals surface area contributed by atoms with E-state index < -0.39 is 21.9 Å². The maximum atomic E-state index is 12.2. The van der Waals surface area contributed by atoms with Crippen molar-refractivity contribution in [1.29, 1.82) is 0 Å². The van der Waals surface area contributed by atoms with Gasteiger partial charge in [-0.05, 0) is 25.2 Å². The third kappa shape index (κ3) is 4.86. The molecular formula is C14H25N3O4S. The molecule has 2 fully saturated rings. The Kier molecular flexibility index (Phi) is 5.31. The maximum absolute atomic E-state index is 12.2. The van der Waals surface area contributed by atoms with Crippen LogP contribution in [0.15, 0.2) is 0 Å². The zero-order valence-corrected chi connectivity index (χ0v) is 13.9. The Balaban J connectivity index is 1.88. The van der Waals surface area contributed by atoms with E-state index in [9.17, 15) is 18.0 Å². The average molecular weight is 331 g/mol. The summed E-state index contributed by atoms with van der Waals surface area (Å²) >= 11 is 0. The highest BCUT2D eigenvalue weighted by molar-refractivity contribution is 7.91. The molecule has 0 bridgehead atoms. The third-order valence-corrected chi connectivity index (χ3v) is 6.04. The van der Waals surface area contributed by atoms with Crippen molar-refractivity contribution in [3.05, 3.63) is 0 Å². The van der Waals surface area contributed by atoms with Gasteiger partial charge in [-0.3, -0.25) is 4.79 Å². The molecule has 0 aromatic heterocycles. The van der Waals surface area contributed by atoms with E-state index in [1.165, 1.54) is 0 Å². The molecule has 1 saturated carbocycles. The second-order valence-corrected chi connectivity index (χ2v) is 8.59. The first-order chi connectivity index (χ1) is 10.3. The standard InChI is InChI=1S/C14H25N3O4S/c1-3-9(2)12(13(18)15-10-4-5-10)17-14(19)16-11-6-7-22(20,21)8-11/h9-12H,3-8H2,1-2H3,(H,15,18)(H2,16,17,19). The lowest BCUT2D eigenvalue weighted by Crippen LogP contribution is -2.54. The largest absolute Gasteiger partial charge is 0.352 e. The fraction of sp³-hybridized carbons (Fsp3) is 0.857. The van der Waals surface area contributed by atoms with E-state index in [0.29, 0.717) is 6.42 Å². The molecule has 0 radical (unpaired) electrons. The first-order valence-electron chi connectivity index (χ1n) is 7.88. The van der Waals surface area contributed by atoms with Crippen LogP contribution < -0.4 is 16.0 Å². The van der Waals surface area contributed by atoms with Crippen LogP contribution in [0.25, 0.3) is 0 Å². The van der Waals surface area contributed by atoms with E-state index in [0.717, 1.165) is 19.3 Å². The molecule has 3 unspecified atom stereocenters. The zero-order chi connectivity index (χ0) is 16.3. The predicted octanol–water partition coefficient (Wildman–Crippen LogP) is 0.166. The molecule has 126 valence electrons. The molecule has 0 spiro atoms. The van der Waals surface area contributed by atoms with Crippen LogP contribution in [0, 0.1) is 5.92 Å². The fourth-order valence-corrected chi connectivity index (χ4v) is 4.17. The predicted molar refractivity (Wildman–Crippen MR) is 83.1 cm³/mol. The van der Waals surface area contributed by atoms with Gasteiger partial charge in [-0.2, -0.15) is 0 Å². The monoisotopic (exact) mass is 331 g/mol. The topological polar surface area (TPSA) is 104 Å². The van der Waals surface area contributed by atoms with Crippen LogP contribution in [0.2, 0.25) is 0 Å². The minimum absolute atomic E-state index is 0.0109. The van der Waals surface area contributed by atoms with Gasteiger partial charge in [0.15, 0.2) is 9.84 Å². The molecule has 1 aliphatic heterocycles. The summed E-state index contributed by atoms with van der Waals surface area (Å²) in [6, 6.07) is -1.19. The number of hydrogen-bond acceptors (Lipinski definition) is 4. The van der Waals surface area contributed by atoms with Crippen LogP contribution in [0.3, 0.4) is 0 Å². The summed E-state index contributed by atoms with van der Waals surface area (Å²) in [6.45, 7) is 3.88. The van der Waals surface area contributed by atoms with Crippen molar-refractivity contribution in [1.82, 2.24) is 16.0 Å². The van der Waals surface area contributed by atoms with Crippen LogP contribution in [0.5, 0.6) is 0 Å². The van der Waals surface area contributed by atoms with Gasteiger partial charge in [-0.25, -0.2) is 13.2 Å². The molecule has 22 heavy (non-hydrogen) atoms. The second kappa shape index (κ2) is 6.85. The van der Waals surface area contributed by atoms with Gasteiger partial charge < -0.3 is 16.0 Å². The molecule has 1 aliphatic carbocycles. The summed E-state index contributed by atoms with van der Waals surface area (Å²) in [5, 5.41) is 8.26. The Morgan fingerprint density at radius 3 is 2.32 bits per heavy atom. The van der Waals surface area contributed by atoms with E-state index in [1.807, 2.05) is 13.8 Å². The van der Waals surface area contributed by atoms with Gasteiger partial charge in [-0.15, -0.1) is 0 Å². The Morgan fingerprint density at radius 2 is 1.82 bits per heavy atom. The van der Waals surface area contributed by atoms with E-state index in [-0.39, 0.29) is 35.4 Å². The molecule has 1 saturated heterocycles. The summed E-state index contributed by atoms with van der Waals surface area (Å²) in [5.41, 5.74) is 0. The van der Waals surface area contributed by atoms with Gasteiger partial charge in [0, 0.05) is 12.1 Å². The number of amides is 3. The minimum Gasteiger partial charge on any atom is -0.352 e. The molecule has 0 aromatic rings. The molecule has 3 amide bonds. The van der Waals surface area contributed by atoms with Crippen molar-refractivity contribution >= 4 is 21.8 Å². The van der Waals surface area contributed by atoms with Crippen LogP contribution in [-0.2, 0) is 14.6 Å². The highest BCUT2D eigenvalue weighted by Crippen LogP contribution is 2.19. The number of carbonyl (C=O) groups is 2. The lowest BCUT2D eigenvalue weighted by atomic mass is 9.98. The van der Waals surface area contributed by atoms with Gasteiger partial charge >= 0.3 is 6.03 Å². The van der Waals surface area contributed by atoms with E-state index in [2.05, 4.69) is 16.0 Å². The summed E-state index contributed by atoms with van der Waals surface area (Å²) in [4.78, 5) is 24.3. The van der Waals surface area contributed by atoms with E-state index in [4.69, 9.17) is 0 Å². The van der Waals surface area contributed by atoms with Crippen LogP contribution in [-0.4, -0.2) is 50.0 Å². The Bertz CT molecular complexity index is 530. The van der Waals surface area contributed by atoms with Crippen LogP contribution in [0.4, 0.5) is 4.79 Å². The molecule has 7 nitrogen and oxygen atoms in total. The minimum atomic E-state index is -3.04. The number of carbonyl (C=O) groups excluding carboxylic acids is 2. The number of urea groups is 1. The molecule has 2 rings (SSSR count). The summed E-state index contributed by atoms with van der Waals surface area (Å²) in [6.07, 6.45) is 3.18. The Labute approximate surface area is 131 Å². The molecule has 1 heterocycles. The molecule has 2 aliphatic rings. The number of hydrogen-bond donors (Lipinski definition) is 3. The zero-order valence-electron chi connectivity index (χ0n) is 13.1. The number of nitrogens with one attached hydrogen (secondary N) is 3. The van der Waals surface area contributed by atoms with Crippen LogP contribution >= 0.6 is 0 Å². The van der Waals surface area contributed by atoms with Gasteiger partial charge in [0.25, 0.3) is 0 Å². The smallest absolute Gasteiger partial charge is 0.315 e. The van der Waals surface area contributed by atoms with Crippen molar-refractivity contribution in [2.24, 2.45) is 5.92 Å². The highest BCUT2D eigenvalue weighted by Gasteiger charge is 2.33. The van der Waals surface area contributed by atoms with E-state index >= 15 is 0 Å². The summed E-state index contributed by atoms with van der Waals surface area (Å²) in [5.74, 6) is -0.0692. The highest BCUT2D eigenvalue weighted by atomic mass is 32.2. The Hall–Kier alpha value is -1.31. The van der Waals surface area contributed by atoms with Gasteiger partial charge in [0.2, 0.25) is 5.91 Å². The van der Waals surface area contributed by atoms with E-state index in [1.54, 1.807) is 0 Å². The SMILES string of the molecule is CCC(C)C(NC(=O)NC1CCS(=O)(=O)C1)C(=O)NC1CC1. The number of sulfone groups is 1. The van der Waals surface area contributed by atoms with Gasteiger partial charge in [-0.1, -0.05) is 20.3 Å². The van der Waals surface area contributed by atoms with Crippen molar-refractivity contribution in [2.75, 3.05) is 11.5 Å². The lowest BCUT2D eigenvalue weighted by molar-refractivity contribution is -0.124. The number of rotatable bonds is 6. The summed E-state index contributed by atoms with van der Waals surface area (Å²) in [7, 11) is -3.04. The van der Waals surface area contributed by atoms with Crippen molar-refractivity contribution in [3.8, 4) is 0 Å². The third-order valence-electron chi connectivity index (χ3n) is 4.27. The van der Waals surface area contributed by atoms with Gasteiger partial charge in [0.1, 0.15) is 6.04 Å². The molecule has 3 N–H and O–H groups in total. The molecule has 0 aromatic carbocycles. The first kappa shape index (κ1) is 17.1. The first-order valence-corrected chi connectivity index (χ1v) is 9.70. The molecule has 3 atom stereocenters. The van der Waals surface area contributed by atoms with Crippen molar-refractivity contribution in [3.63, 3.8) is 0 Å². The average Bonchev–Trinajstić information content (AvgIpc) is 3.18. The van der Waals surface area contributed by atoms with Gasteiger partial charge in [0.05, 0.1) is 11.5 Å². The molecule has 8 heteroatoms. The van der Waals surface area contributed by atoms with Crippen LogP contribution in [0.1, 0.15) is 39.5 Å². The normalized spacial score (nSPS) is 26.0. The lowest BCUT2D eigenvalue weighted by Gasteiger charge is -2.24. The fourth-order valence-electron chi connectivity index (χ4n) is 2.50. The Morgan fingerprint density at radius 1 is 1.14 bits per heavy atom. The maximum Gasteiger partial charge on any atom is 0.315 e. The van der Waals surface area contributed by atoms with Crippen molar-refractivity contribution < 1.29 is 18.0 Å². The summed E-state index contributed by atoms with van der Waals surface area (Å²) < 4.78 is 22.8.